The predicted octanol–water partition coefficient (Wildman–Crippen LogP) is 2.17. The molecule has 2 aromatic heterocycles. The number of Topliss-reactive ketones (excluding diaryl/α,β-unsaturated/α-hetero) is 1. The molecular formula is C15H16N4O2. The Bertz CT molecular complexity index is 745. The van der Waals surface area contributed by atoms with Crippen molar-refractivity contribution >= 4 is 11.5 Å². The van der Waals surface area contributed by atoms with Crippen LogP contribution in [0, 0.1) is 12.3 Å². The number of rotatable bonds is 1. The van der Waals surface area contributed by atoms with Gasteiger partial charge in [0.1, 0.15) is 5.71 Å². The predicted molar refractivity (Wildman–Crippen MR) is 77.1 cm³/mol. The normalized spacial score (nSPS) is 18.8. The number of hydrogen-bond donors (Lipinski definition) is 1. The van der Waals surface area contributed by atoms with Gasteiger partial charge in [0.25, 0.3) is 0 Å². The van der Waals surface area contributed by atoms with Gasteiger partial charge in [0.2, 0.25) is 5.78 Å². The summed E-state index contributed by atoms with van der Waals surface area (Å²) < 4.78 is 1.71. The minimum Gasteiger partial charge on any atom is -0.411 e. The molecule has 6 heteroatoms. The Morgan fingerprint density at radius 3 is 2.76 bits per heavy atom. The van der Waals surface area contributed by atoms with Crippen molar-refractivity contribution in [1.82, 2.24) is 14.8 Å². The van der Waals surface area contributed by atoms with Crippen LogP contribution in [0.4, 0.5) is 0 Å². The molecule has 0 aromatic carbocycles. The van der Waals surface area contributed by atoms with Gasteiger partial charge in [-0.1, -0.05) is 25.1 Å². The highest BCUT2D eigenvalue weighted by Gasteiger charge is 2.42. The van der Waals surface area contributed by atoms with Crippen molar-refractivity contribution in [2.24, 2.45) is 10.6 Å². The first kappa shape index (κ1) is 13.5. The molecule has 2 aromatic rings. The van der Waals surface area contributed by atoms with Gasteiger partial charge in [0.15, 0.2) is 5.82 Å². The van der Waals surface area contributed by atoms with Gasteiger partial charge in [-0.25, -0.2) is 9.67 Å². The summed E-state index contributed by atoms with van der Waals surface area (Å²) in [5, 5.41) is 16.8. The third-order valence-corrected chi connectivity index (χ3v) is 3.81. The Morgan fingerprint density at radius 1 is 1.38 bits per heavy atom. The largest absolute Gasteiger partial charge is 0.411 e. The molecule has 108 valence electrons. The highest BCUT2D eigenvalue weighted by molar-refractivity contribution is 6.48. The Kier molecular flexibility index (Phi) is 2.90. The van der Waals surface area contributed by atoms with E-state index in [-0.39, 0.29) is 11.5 Å². The van der Waals surface area contributed by atoms with Crippen molar-refractivity contribution in [2.45, 2.75) is 27.2 Å². The summed E-state index contributed by atoms with van der Waals surface area (Å²) in [7, 11) is 0. The summed E-state index contributed by atoms with van der Waals surface area (Å²) in [6, 6.07) is 5.56. The van der Waals surface area contributed by atoms with Crippen molar-refractivity contribution in [3.63, 3.8) is 0 Å². The molecule has 6 nitrogen and oxygen atoms in total. The van der Waals surface area contributed by atoms with Crippen molar-refractivity contribution in [2.75, 3.05) is 0 Å². The van der Waals surface area contributed by atoms with Gasteiger partial charge in [0, 0.05) is 18.0 Å². The third-order valence-electron chi connectivity index (χ3n) is 3.81. The van der Waals surface area contributed by atoms with E-state index in [1.807, 2.05) is 32.0 Å². The molecular weight excluding hydrogens is 268 g/mol. The van der Waals surface area contributed by atoms with Crippen LogP contribution < -0.4 is 0 Å². The first-order valence-corrected chi connectivity index (χ1v) is 6.73. The summed E-state index contributed by atoms with van der Waals surface area (Å²) in [6.07, 6.45) is 2.25. The molecule has 0 unspecified atom stereocenters. The quantitative estimate of drug-likeness (QED) is 0.643. The van der Waals surface area contributed by atoms with E-state index in [1.54, 1.807) is 17.8 Å². The lowest BCUT2D eigenvalue weighted by atomic mass is 9.74. The van der Waals surface area contributed by atoms with E-state index in [0.717, 1.165) is 5.69 Å². The summed E-state index contributed by atoms with van der Waals surface area (Å²) >= 11 is 0. The molecule has 0 radical (unpaired) electrons. The first-order valence-electron chi connectivity index (χ1n) is 6.73. The topological polar surface area (TPSA) is 80.4 Å². The van der Waals surface area contributed by atoms with Gasteiger partial charge in [-0.05, 0) is 19.1 Å². The van der Waals surface area contributed by atoms with E-state index in [9.17, 15) is 4.79 Å². The van der Waals surface area contributed by atoms with E-state index >= 15 is 0 Å². The van der Waals surface area contributed by atoms with Crippen LogP contribution in [0.5, 0.6) is 0 Å². The van der Waals surface area contributed by atoms with E-state index in [1.165, 1.54) is 0 Å². The fourth-order valence-electron chi connectivity index (χ4n) is 2.81. The maximum Gasteiger partial charge on any atom is 0.214 e. The summed E-state index contributed by atoms with van der Waals surface area (Å²) in [5.74, 6) is 0.415. The zero-order chi connectivity index (χ0) is 15.2. The van der Waals surface area contributed by atoms with Crippen molar-refractivity contribution in [3.05, 3.63) is 41.3 Å². The third kappa shape index (κ3) is 1.94. The lowest BCUT2D eigenvalue weighted by Crippen LogP contribution is -2.39. The van der Waals surface area contributed by atoms with Crippen LogP contribution in [-0.4, -0.2) is 31.5 Å². The van der Waals surface area contributed by atoms with E-state index < -0.39 is 5.41 Å². The number of carbonyl (C=O) groups excluding carboxylic acids is 1. The highest BCUT2D eigenvalue weighted by atomic mass is 16.4. The molecule has 21 heavy (non-hydrogen) atoms. The molecule has 2 heterocycles. The van der Waals surface area contributed by atoms with Crippen LogP contribution >= 0.6 is 0 Å². The van der Waals surface area contributed by atoms with E-state index in [2.05, 4.69) is 15.2 Å². The minimum atomic E-state index is -0.544. The molecule has 0 saturated carbocycles. The number of aromatic nitrogens is 3. The second kappa shape index (κ2) is 4.51. The van der Waals surface area contributed by atoms with Crippen LogP contribution in [0.1, 0.15) is 35.6 Å². The van der Waals surface area contributed by atoms with Crippen molar-refractivity contribution in [1.29, 1.82) is 0 Å². The Morgan fingerprint density at radius 2 is 2.14 bits per heavy atom. The van der Waals surface area contributed by atoms with Crippen molar-refractivity contribution in [3.8, 4) is 5.82 Å². The van der Waals surface area contributed by atoms with Crippen LogP contribution in [0.3, 0.4) is 0 Å². The minimum absolute atomic E-state index is 0.179. The number of carbonyl (C=O) groups is 1. The summed E-state index contributed by atoms with van der Waals surface area (Å²) in [6.45, 7) is 5.55. The van der Waals surface area contributed by atoms with Crippen LogP contribution in [0.2, 0.25) is 0 Å². The highest BCUT2D eigenvalue weighted by Crippen LogP contribution is 2.35. The molecule has 3 rings (SSSR count). The number of hydrogen-bond acceptors (Lipinski definition) is 5. The smallest absolute Gasteiger partial charge is 0.214 e. The van der Waals surface area contributed by atoms with Gasteiger partial charge >= 0.3 is 0 Å². The lowest BCUT2D eigenvalue weighted by Gasteiger charge is -2.29. The van der Waals surface area contributed by atoms with Gasteiger partial charge in [-0.2, -0.15) is 5.10 Å². The van der Waals surface area contributed by atoms with Crippen molar-refractivity contribution < 1.29 is 10.0 Å². The number of pyridine rings is 1. The van der Waals surface area contributed by atoms with E-state index in [4.69, 9.17) is 5.21 Å². The molecule has 1 aliphatic carbocycles. The molecule has 0 fully saturated rings. The molecule has 0 bridgehead atoms. The maximum atomic E-state index is 12.6. The molecule has 0 atom stereocenters. The number of fused-ring (bicyclic) bond motifs is 1. The fourth-order valence-corrected chi connectivity index (χ4v) is 2.81. The van der Waals surface area contributed by atoms with Crippen LogP contribution in [0.25, 0.3) is 5.82 Å². The molecule has 0 amide bonds. The average Bonchev–Trinajstić information content (AvgIpc) is 2.76. The molecule has 1 N–H and O–H groups in total. The maximum absolute atomic E-state index is 12.6. The van der Waals surface area contributed by atoms with E-state index in [0.29, 0.717) is 23.5 Å². The average molecular weight is 284 g/mol. The molecule has 0 saturated heterocycles. The number of oxime groups is 1. The Balaban J connectivity index is 2.24. The monoisotopic (exact) mass is 284 g/mol. The van der Waals surface area contributed by atoms with Gasteiger partial charge in [0.05, 0.1) is 17.0 Å². The summed E-state index contributed by atoms with van der Waals surface area (Å²) in [4.78, 5) is 16.9. The zero-order valence-electron chi connectivity index (χ0n) is 12.2. The second-order valence-electron chi connectivity index (χ2n) is 5.85. The number of aryl methyl sites for hydroxylation is 1. The van der Waals surface area contributed by atoms with Crippen LogP contribution in [-0.2, 0) is 6.42 Å². The molecule has 0 spiro atoms. The van der Waals surface area contributed by atoms with Crippen LogP contribution in [0.15, 0.2) is 29.6 Å². The summed E-state index contributed by atoms with van der Waals surface area (Å²) in [5.41, 5.74) is 1.59. The number of nitrogens with zero attached hydrogens (tertiary/aromatic N) is 4. The Labute approximate surface area is 122 Å². The molecule has 1 aliphatic rings. The lowest BCUT2D eigenvalue weighted by molar-refractivity contribution is 0.104. The first-order chi connectivity index (χ1) is 9.95. The fraction of sp³-hybridized carbons (Fsp3) is 0.333. The van der Waals surface area contributed by atoms with Gasteiger partial charge < -0.3 is 5.21 Å². The Hall–Kier alpha value is -2.50. The number of ketones is 1. The van der Waals surface area contributed by atoms with Gasteiger partial charge in [-0.15, -0.1) is 0 Å². The standard InChI is InChI=1S/C15H16N4O2/c1-9-12-10(8-15(2,3)14(18-21)13(12)20)19(17-9)11-6-4-5-7-16-11/h4-7,21H,8H2,1-3H3/b18-14-. The SMILES string of the molecule is Cc1nn(-c2ccccn2)c2c1C(=O)/C(=N/O)C(C)(C)C2. The molecule has 0 aliphatic heterocycles. The van der Waals surface area contributed by atoms with Gasteiger partial charge in [-0.3, -0.25) is 4.79 Å². The zero-order valence-corrected chi connectivity index (χ0v) is 12.2. The second-order valence-corrected chi connectivity index (χ2v) is 5.85.